The highest BCUT2D eigenvalue weighted by Gasteiger charge is 2.39. The first kappa shape index (κ1) is 31.3. The maximum atomic E-state index is 13.1. The van der Waals surface area contributed by atoms with Gasteiger partial charge in [-0.05, 0) is 60.9 Å². The second-order valence-corrected chi connectivity index (χ2v) is 11.1. The van der Waals surface area contributed by atoms with E-state index < -0.39 is 23.6 Å². The molecule has 3 aromatic rings. The number of piperidine rings is 1. The van der Waals surface area contributed by atoms with Gasteiger partial charge in [-0.3, -0.25) is 14.5 Å². The van der Waals surface area contributed by atoms with Crippen molar-refractivity contribution in [2.24, 2.45) is 0 Å². The fraction of sp³-hybridized carbons (Fsp3) is 0.394. The van der Waals surface area contributed by atoms with Gasteiger partial charge in [-0.2, -0.15) is 13.2 Å². The number of methoxy groups -OCH3 is 1. The summed E-state index contributed by atoms with van der Waals surface area (Å²) < 4.78 is 50.7. The van der Waals surface area contributed by atoms with Gasteiger partial charge in [0.05, 0.1) is 38.0 Å². The highest BCUT2D eigenvalue weighted by molar-refractivity contribution is 5.96. The van der Waals surface area contributed by atoms with Gasteiger partial charge in [-0.15, -0.1) is 0 Å². The van der Waals surface area contributed by atoms with E-state index >= 15 is 0 Å². The standard InChI is InChI=1S/C33H37F3N4O4/c1-43-28-12-10-26(11-13-28)39-16-14-27(15-17-39)40-20-29(30(21-40)44-22-23-6-3-2-4-7-23)38-31(41)19-37-32(42)24-8-5-9-25(18-24)33(34,35)36/h2-13,18,27,29-30H,14-17,19-22H2,1H3,(H,37,42)(H,38,41)/t29-,30-/m1/s1. The average molecular weight is 611 g/mol. The van der Waals surface area contributed by atoms with Crippen LogP contribution < -0.4 is 20.3 Å². The van der Waals surface area contributed by atoms with Gasteiger partial charge in [0.1, 0.15) is 5.75 Å². The molecule has 0 aliphatic carbocycles. The Labute approximate surface area is 255 Å². The Morgan fingerprint density at radius 2 is 1.66 bits per heavy atom. The molecule has 3 aromatic carbocycles. The van der Waals surface area contributed by atoms with Crippen molar-refractivity contribution < 1.29 is 32.2 Å². The highest BCUT2D eigenvalue weighted by Crippen LogP contribution is 2.30. The molecule has 234 valence electrons. The number of carbonyl (C=O) groups excluding carboxylic acids is 2. The van der Waals surface area contributed by atoms with Gasteiger partial charge in [0, 0.05) is 43.5 Å². The van der Waals surface area contributed by atoms with Crippen molar-refractivity contribution in [2.45, 2.75) is 43.8 Å². The number of rotatable bonds is 10. The van der Waals surface area contributed by atoms with Crippen molar-refractivity contribution in [3.8, 4) is 5.75 Å². The van der Waals surface area contributed by atoms with Gasteiger partial charge in [0.15, 0.2) is 0 Å². The number of amides is 2. The van der Waals surface area contributed by atoms with Crippen molar-refractivity contribution in [3.05, 3.63) is 95.6 Å². The van der Waals surface area contributed by atoms with E-state index in [4.69, 9.17) is 9.47 Å². The SMILES string of the molecule is COc1ccc(N2CCC(N3C[C@@H](NC(=O)CNC(=O)c4cccc(C(F)(F)F)c4)[C@H](OCc4ccccc4)C3)CC2)cc1. The molecule has 2 N–H and O–H groups in total. The minimum Gasteiger partial charge on any atom is -0.497 e. The van der Waals surface area contributed by atoms with Crippen LogP contribution >= 0.6 is 0 Å². The largest absolute Gasteiger partial charge is 0.497 e. The molecule has 2 saturated heterocycles. The number of anilines is 1. The predicted octanol–water partition coefficient (Wildman–Crippen LogP) is 4.50. The number of benzene rings is 3. The van der Waals surface area contributed by atoms with Crippen LogP contribution in [0.2, 0.25) is 0 Å². The van der Waals surface area contributed by atoms with Crippen LogP contribution in [0.1, 0.15) is 34.3 Å². The topological polar surface area (TPSA) is 83.1 Å². The summed E-state index contributed by atoms with van der Waals surface area (Å²) in [4.78, 5) is 30.2. The second kappa shape index (κ2) is 14.1. The smallest absolute Gasteiger partial charge is 0.416 e. The molecule has 0 saturated carbocycles. The molecule has 0 radical (unpaired) electrons. The lowest BCUT2D eigenvalue weighted by Crippen LogP contribution is -2.48. The molecule has 2 amide bonds. The molecule has 44 heavy (non-hydrogen) atoms. The van der Waals surface area contributed by atoms with Gasteiger partial charge in [-0.25, -0.2) is 0 Å². The number of hydrogen-bond donors (Lipinski definition) is 2. The number of hydrogen-bond acceptors (Lipinski definition) is 6. The maximum absolute atomic E-state index is 13.1. The minimum atomic E-state index is -4.57. The van der Waals surface area contributed by atoms with Crippen LogP contribution in [0, 0.1) is 0 Å². The van der Waals surface area contributed by atoms with E-state index in [0.717, 1.165) is 55.1 Å². The lowest BCUT2D eigenvalue weighted by Gasteiger charge is -2.38. The molecule has 2 atom stereocenters. The maximum Gasteiger partial charge on any atom is 0.416 e. The number of likely N-dealkylation sites (tertiary alicyclic amines) is 1. The fourth-order valence-corrected chi connectivity index (χ4v) is 5.83. The van der Waals surface area contributed by atoms with Gasteiger partial charge in [-0.1, -0.05) is 36.4 Å². The third-order valence-corrected chi connectivity index (χ3v) is 8.23. The van der Waals surface area contributed by atoms with E-state index in [2.05, 4.69) is 32.6 Å². The van der Waals surface area contributed by atoms with Crippen LogP contribution in [0.4, 0.5) is 18.9 Å². The van der Waals surface area contributed by atoms with Gasteiger partial charge < -0.3 is 25.0 Å². The normalized spacial score (nSPS) is 19.5. The number of nitrogens with zero attached hydrogens (tertiary/aromatic N) is 2. The van der Waals surface area contributed by atoms with Gasteiger partial charge in [0.25, 0.3) is 5.91 Å². The lowest BCUT2D eigenvalue weighted by molar-refractivity contribution is -0.137. The molecule has 5 rings (SSSR count). The quantitative estimate of drug-likeness (QED) is 0.352. The van der Waals surface area contributed by atoms with E-state index in [1.165, 1.54) is 12.1 Å². The Morgan fingerprint density at radius 3 is 2.34 bits per heavy atom. The highest BCUT2D eigenvalue weighted by atomic mass is 19.4. The Bertz CT molecular complexity index is 1400. The Balaban J connectivity index is 1.17. The van der Waals surface area contributed by atoms with E-state index in [-0.39, 0.29) is 24.3 Å². The van der Waals surface area contributed by atoms with Crippen LogP contribution in [0.5, 0.6) is 5.75 Å². The average Bonchev–Trinajstić information content (AvgIpc) is 3.45. The van der Waals surface area contributed by atoms with Crippen LogP contribution in [0.15, 0.2) is 78.9 Å². The summed E-state index contributed by atoms with van der Waals surface area (Å²) in [6, 6.07) is 22.0. The van der Waals surface area contributed by atoms with E-state index in [1.807, 2.05) is 42.5 Å². The third-order valence-electron chi connectivity index (χ3n) is 8.23. The fourth-order valence-electron chi connectivity index (χ4n) is 5.83. The molecule has 0 unspecified atom stereocenters. The van der Waals surface area contributed by atoms with Crippen LogP contribution in [-0.2, 0) is 22.3 Å². The summed E-state index contributed by atoms with van der Waals surface area (Å²) in [6.45, 7) is 3.09. The monoisotopic (exact) mass is 610 g/mol. The van der Waals surface area contributed by atoms with Crippen molar-refractivity contribution in [3.63, 3.8) is 0 Å². The number of halogens is 3. The van der Waals surface area contributed by atoms with Gasteiger partial charge >= 0.3 is 6.18 Å². The molecule has 11 heteroatoms. The molecule has 2 fully saturated rings. The zero-order valence-electron chi connectivity index (χ0n) is 24.6. The summed E-state index contributed by atoms with van der Waals surface area (Å²) in [5.41, 5.74) is 1.10. The number of ether oxygens (including phenoxy) is 2. The Hall–Kier alpha value is -4.09. The number of alkyl halides is 3. The van der Waals surface area contributed by atoms with Crippen LogP contribution in [0.25, 0.3) is 0 Å². The molecule has 8 nitrogen and oxygen atoms in total. The molecule has 2 aliphatic heterocycles. The minimum absolute atomic E-state index is 0.162. The number of nitrogens with one attached hydrogen (secondary N) is 2. The lowest BCUT2D eigenvalue weighted by atomic mass is 10.0. The molecule has 0 spiro atoms. The third kappa shape index (κ3) is 8.09. The van der Waals surface area contributed by atoms with E-state index in [0.29, 0.717) is 25.7 Å². The molecule has 2 aliphatic rings. The molecule has 2 heterocycles. The number of carbonyl (C=O) groups is 2. The van der Waals surface area contributed by atoms with Crippen molar-refractivity contribution in [2.75, 3.05) is 44.7 Å². The first-order valence-electron chi connectivity index (χ1n) is 14.7. The zero-order chi connectivity index (χ0) is 31.1. The van der Waals surface area contributed by atoms with E-state index in [9.17, 15) is 22.8 Å². The Kier molecular flexibility index (Phi) is 10.1. The first-order chi connectivity index (χ1) is 21.2. The van der Waals surface area contributed by atoms with Gasteiger partial charge in [0.2, 0.25) is 5.91 Å². The first-order valence-corrected chi connectivity index (χ1v) is 14.7. The van der Waals surface area contributed by atoms with Crippen molar-refractivity contribution in [1.82, 2.24) is 15.5 Å². The Morgan fingerprint density at radius 1 is 0.932 bits per heavy atom. The molecular weight excluding hydrogens is 573 g/mol. The molecule has 0 aromatic heterocycles. The van der Waals surface area contributed by atoms with Crippen molar-refractivity contribution in [1.29, 1.82) is 0 Å². The molecule has 0 bridgehead atoms. The summed E-state index contributed by atoms with van der Waals surface area (Å²) >= 11 is 0. The molecular formula is C33H37F3N4O4. The summed E-state index contributed by atoms with van der Waals surface area (Å²) in [5, 5.41) is 5.44. The summed E-state index contributed by atoms with van der Waals surface area (Å²) in [7, 11) is 1.65. The van der Waals surface area contributed by atoms with Crippen LogP contribution in [0.3, 0.4) is 0 Å². The van der Waals surface area contributed by atoms with Crippen LogP contribution in [-0.4, -0.2) is 74.7 Å². The second-order valence-electron chi connectivity index (χ2n) is 11.1. The predicted molar refractivity (Wildman–Crippen MR) is 161 cm³/mol. The van der Waals surface area contributed by atoms with Crippen molar-refractivity contribution >= 4 is 17.5 Å². The summed E-state index contributed by atoms with van der Waals surface area (Å²) in [6.07, 6.45) is -2.91. The zero-order valence-corrected chi connectivity index (χ0v) is 24.6. The summed E-state index contributed by atoms with van der Waals surface area (Å²) in [5.74, 6) is -0.356. The van der Waals surface area contributed by atoms with E-state index in [1.54, 1.807) is 7.11 Å².